The number of hydrogen-bond donors (Lipinski definition) is 2. The van der Waals surface area contributed by atoms with Crippen molar-refractivity contribution in [2.45, 2.75) is 0 Å². The number of hydrogen-bond acceptors (Lipinski definition) is 2. The maximum atomic E-state index is 13.0. The maximum absolute atomic E-state index is 13.0. The van der Waals surface area contributed by atoms with Crippen LogP contribution in [-0.2, 0) is 0 Å². The van der Waals surface area contributed by atoms with Crippen LogP contribution in [0.2, 0.25) is 0 Å². The molecule has 5 heteroatoms. The lowest BCUT2D eigenvalue weighted by Gasteiger charge is -2.00. The molecule has 0 aliphatic heterocycles. The van der Waals surface area contributed by atoms with Crippen LogP contribution in [0, 0.1) is 5.82 Å². The second kappa shape index (κ2) is 4.86. The average molecular weight is 283 g/mol. The van der Waals surface area contributed by atoms with Gasteiger partial charge in [0.2, 0.25) is 0 Å². The van der Waals surface area contributed by atoms with Crippen molar-refractivity contribution in [2.24, 2.45) is 0 Å². The van der Waals surface area contributed by atoms with E-state index in [1.54, 1.807) is 12.1 Å². The molecule has 0 aliphatic rings. The fraction of sp³-hybridized carbons (Fsp3) is 0. The molecule has 4 nitrogen and oxygen atoms in total. The summed E-state index contributed by atoms with van der Waals surface area (Å²) in [7, 11) is 0. The number of carbonyl (C=O) groups is 2. The second-order valence-corrected chi connectivity index (χ2v) is 4.57. The molecule has 0 bridgehead atoms. The van der Waals surface area contributed by atoms with Gasteiger partial charge in [0.15, 0.2) is 6.29 Å². The monoisotopic (exact) mass is 283 g/mol. The van der Waals surface area contributed by atoms with Gasteiger partial charge in [-0.2, -0.15) is 0 Å². The third-order valence-corrected chi connectivity index (χ3v) is 3.34. The van der Waals surface area contributed by atoms with E-state index in [4.69, 9.17) is 0 Å². The molecule has 21 heavy (non-hydrogen) atoms. The van der Waals surface area contributed by atoms with Gasteiger partial charge in [-0.1, -0.05) is 6.07 Å². The standard InChI is InChI=1S/C16H10FNO3/c17-10-6-4-9(5-7-10)15-12(8-19)14-11(16(20)21)2-1-3-13(14)18-15/h1-8,18H,(H,20,21). The summed E-state index contributed by atoms with van der Waals surface area (Å²) in [5.74, 6) is -1.48. The molecule has 0 saturated carbocycles. The van der Waals surface area contributed by atoms with E-state index in [0.29, 0.717) is 28.4 Å². The van der Waals surface area contributed by atoms with Crippen molar-refractivity contribution in [3.05, 3.63) is 59.4 Å². The summed E-state index contributed by atoms with van der Waals surface area (Å²) in [6.07, 6.45) is 0.615. The number of carbonyl (C=O) groups excluding carboxylic acids is 1. The molecule has 1 heterocycles. The van der Waals surface area contributed by atoms with Crippen molar-refractivity contribution in [2.75, 3.05) is 0 Å². The fourth-order valence-electron chi connectivity index (χ4n) is 2.41. The van der Waals surface area contributed by atoms with E-state index in [-0.39, 0.29) is 16.9 Å². The van der Waals surface area contributed by atoms with Gasteiger partial charge >= 0.3 is 5.97 Å². The zero-order valence-electron chi connectivity index (χ0n) is 10.8. The predicted molar refractivity (Wildman–Crippen MR) is 76.0 cm³/mol. The molecule has 3 aromatic rings. The molecular formula is C16H10FNO3. The number of benzene rings is 2. The Labute approximate surface area is 118 Å². The van der Waals surface area contributed by atoms with Crippen molar-refractivity contribution >= 4 is 23.2 Å². The number of nitrogens with one attached hydrogen (secondary N) is 1. The Hall–Kier alpha value is -2.95. The number of carboxylic acid groups (broad SMARTS) is 1. The van der Waals surface area contributed by atoms with Crippen LogP contribution in [0.25, 0.3) is 22.2 Å². The van der Waals surface area contributed by atoms with Gasteiger partial charge in [0.25, 0.3) is 0 Å². The summed E-state index contributed by atoms with van der Waals surface area (Å²) in [4.78, 5) is 25.8. The predicted octanol–water partition coefficient (Wildman–Crippen LogP) is 3.48. The van der Waals surface area contributed by atoms with Gasteiger partial charge in [0.05, 0.1) is 11.3 Å². The molecule has 2 aromatic carbocycles. The van der Waals surface area contributed by atoms with Gasteiger partial charge in [-0.15, -0.1) is 0 Å². The first-order valence-corrected chi connectivity index (χ1v) is 6.21. The number of aldehydes is 1. The smallest absolute Gasteiger partial charge is 0.336 e. The Balaban J connectivity index is 2.34. The number of fused-ring (bicyclic) bond motifs is 1. The zero-order valence-corrected chi connectivity index (χ0v) is 10.8. The summed E-state index contributed by atoms with van der Waals surface area (Å²) in [6.45, 7) is 0. The summed E-state index contributed by atoms with van der Waals surface area (Å²) in [6, 6.07) is 10.4. The molecule has 0 aliphatic carbocycles. The highest BCUT2D eigenvalue weighted by atomic mass is 19.1. The quantitative estimate of drug-likeness (QED) is 0.723. The molecule has 0 spiro atoms. The molecular weight excluding hydrogens is 273 g/mol. The van der Waals surface area contributed by atoms with Gasteiger partial charge in [-0.3, -0.25) is 4.79 Å². The number of H-pyrrole nitrogens is 1. The van der Waals surface area contributed by atoms with E-state index < -0.39 is 5.97 Å². The molecule has 0 fully saturated rings. The van der Waals surface area contributed by atoms with Crippen LogP contribution in [0.15, 0.2) is 42.5 Å². The van der Waals surface area contributed by atoms with E-state index in [0.717, 1.165) is 0 Å². The minimum atomic E-state index is -1.10. The highest BCUT2D eigenvalue weighted by Gasteiger charge is 2.18. The Morgan fingerprint density at radius 3 is 2.48 bits per heavy atom. The van der Waals surface area contributed by atoms with Crippen molar-refractivity contribution in [1.82, 2.24) is 4.98 Å². The highest BCUT2D eigenvalue weighted by molar-refractivity contribution is 6.13. The van der Waals surface area contributed by atoms with E-state index in [9.17, 15) is 19.1 Å². The molecule has 104 valence electrons. The first-order chi connectivity index (χ1) is 10.1. The van der Waals surface area contributed by atoms with E-state index in [2.05, 4.69) is 4.98 Å². The number of aromatic nitrogens is 1. The molecule has 0 atom stereocenters. The fourth-order valence-corrected chi connectivity index (χ4v) is 2.41. The molecule has 0 radical (unpaired) electrons. The first-order valence-electron chi connectivity index (χ1n) is 6.21. The highest BCUT2D eigenvalue weighted by Crippen LogP contribution is 2.31. The Morgan fingerprint density at radius 1 is 1.14 bits per heavy atom. The van der Waals surface area contributed by atoms with Crippen LogP contribution < -0.4 is 0 Å². The van der Waals surface area contributed by atoms with E-state index in [1.807, 2.05) is 0 Å². The Morgan fingerprint density at radius 2 is 1.86 bits per heavy atom. The number of halogens is 1. The van der Waals surface area contributed by atoms with Crippen molar-refractivity contribution < 1.29 is 19.1 Å². The normalized spacial score (nSPS) is 10.7. The summed E-state index contributed by atoms with van der Waals surface area (Å²) >= 11 is 0. The largest absolute Gasteiger partial charge is 0.478 e. The Bertz CT molecular complexity index is 850. The summed E-state index contributed by atoms with van der Waals surface area (Å²) in [5, 5.41) is 9.60. The minimum Gasteiger partial charge on any atom is -0.478 e. The van der Waals surface area contributed by atoms with Crippen LogP contribution in [-0.4, -0.2) is 22.3 Å². The number of aromatic carboxylic acids is 1. The zero-order chi connectivity index (χ0) is 15.0. The second-order valence-electron chi connectivity index (χ2n) is 4.57. The van der Waals surface area contributed by atoms with Gasteiger partial charge < -0.3 is 10.1 Å². The molecule has 1 aromatic heterocycles. The topological polar surface area (TPSA) is 70.2 Å². The molecule has 0 saturated heterocycles. The first kappa shape index (κ1) is 13.1. The number of aromatic amines is 1. The lowest BCUT2D eigenvalue weighted by atomic mass is 10.0. The van der Waals surface area contributed by atoms with Crippen molar-refractivity contribution in [3.63, 3.8) is 0 Å². The van der Waals surface area contributed by atoms with E-state index in [1.165, 1.54) is 30.3 Å². The van der Waals surface area contributed by atoms with Gasteiger partial charge in [-0.25, -0.2) is 9.18 Å². The Kier molecular flexibility index (Phi) is 3.02. The molecule has 2 N–H and O–H groups in total. The number of carboxylic acids is 1. The van der Waals surface area contributed by atoms with Crippen LogP contribution in [0.1, 0.15) is 20.7 Å². The minimum absolute atomic E-state index is 0.0548. The summed E-state index contributed by atoms with van der Waals surface area (Å²) in [5.41, 5.74) is 1.96. The molecule has 0 amide bonds. The SMILES string of the molecule is O=Cc1c(-c2ccc(F)cc2)[nH]c2cccc(C(=O)O)c12. The van der Waals surface area contributed by atoms with Crippen LogP contribution in [0.3, 0.4) is 0 Å². The van der Waals surface area contributed by atoms with Crippen molar-refractivity contribution in [1.29, 1.82) is 0 Å². The third-order valence-electron chi connectivity index (χ3n) is 3.34. The van der Waals surface area contributed by atoms with Gasteiger partial charge in [0, 0.05) is 16.5 Å². The van der Waals surface area contributed by atoms with Gasteiger partial charge in [0.1, 0.15) is 5.82 Å². The average Bonchev–Trinajstić information content (AvgIpc) is 2.86. The van der Waals surface area contributed by atoms with Crippen LogP contribution in [0.4, 0.5) is 4.39 Å². The molecule has 0 unspecified atom stereocenters. The van der Waals surface area contributed by atoms with E-state index >= 15 is 0 Å². The maximum Gasteiger partial charge on any atom is 0.336 e. The van der Waals surface area contributed by atoms with Crippen LogP contribution >= 0.6 is 0 Å². The molecule has 3 rings (SSSR count). The lowest BCUT2D eigenvalue weighted by molar-refractivity contribution is 0.0699. The van der Waals surface area contributed by atoms with Gasteiger partial charge in [-0.05, 0) is 42.0 Å². The summed E-state index contributed by atoms with van der Waals surface area (Å²) < 4.78 is 13.0. The van der Waals surface area contributed by atoms with Crippen LogP contribution in [0.5, 0.6) is 0 Å². The third kappa shape index (κ3) is 2.08. The lowest BCUT2D eigenvalue weighted by Crippen LogP contribution is -1.97. The van der Waals surface area contributed by atoms with Crippen molar-refractivity contribution in [3.8, 4) is 11.3 Å². The number of rotatable bonds is 3.